The third-order valence-electron chi connectivity index (χ3n) is 4.55. The smallest absolute Gasteiger partial charge is 0.354 e. The highest BCUT2D eigenvalue weighted by atomic mass is 35.5. The van der Waals surface area contributed by atoms with Gasteiger partial charge in [0.15, 0.2) is 0 Å². The van der Waals surface area contributed by atoms with Crippen molar-refractivity contribution in [2.75, 3.05) is 19.6 Å². The van der Waals surface area contributed by atoms with Crippen molar-refractivity contribution in [3.8, 4) is 0 Å². The quantitative estimate of drug-likeness (QED) is 0.652. The van der Waals surface area contributed by atoms with Crippen LogP contribution in [-0.2, 0) is 11.0 Å². The van der Waals surface area contributed by atoms with Gasteiger partial charge in [0.05, 0.1) is 11.6 Å². The minimum atomic E-state index is -4.36. The van der Waals surface area contributed by atoms with E-state index in [-0.39, 0.29) is 48.7 Å². The summed E-state index contributed by atoms with van der Waals surface area (Å²) in [6.45, 7) is 9.25. The minimum absolute atomic E-state index is 0. The molecule has 3 atom stereocenters. The zero-order valence-corrected chi connectivity index (χ0v) is 17.7. The van der Waals surface area contributed by atoms with Crippen molar-refractivity contribution in [1.82, 2.24) is 10.2 Å². The van der Waals surface area contributed by atoms with Gasteiger partial charge in [0.1, 0.15) is 0 Å². The molecule has 1 amide bonds. The van der Waals surface area contributed by atoms with Gasteiger partial charge >= 0.3 is 6.18 Å². The Kier molecular flexibility index (Phi) is 13.0. The molecule has 0 aliphatic rings. The number of nitrogens with one attached hydrogen (secondary N) is 1. The van der Waals surface area contributed by atoms with E-state index in [0.717, 1.165) is 30.8 Å². The lowest BCUT2D eigenvalue weighted by Gasteiger charge is -2.31. The van der Waals surface area contributed by atoms with Crippen molar-refractivity contribution in [3.63, 3.8) is 0 Å². The number of benzene rings is 1. The Morgan fingerprint density at radius 1 is 1.11 bits per heavy atom. The molecule has 0 radical (unpaired) electrons. The molecule has 3 N–H and O–H groups in total. The first-order valence-electron chi connectivity index (χ1n) is 8.56. The second-order valence-electron chi connectivity index (χ2n) is 6.25. The number of likely N-dealkylation sites (N-methyl/N-ethyl adjacent to an activating group) is 1. The van der Waals surface area contributed by atoms with Gasteiger partial charge in [-0.05, 0) is 37.7 Å². The van der Waals surface area contributed by atoms with Crippen LogP contribution in [0.2, 0.25) is 0 Å². The van der Waals surface area contributed by atoms with Crippen molar-refractivity contribution >= 4 is 30.7 Å². The van der Waals surface area contributed by atoms with E-state index < -0.39 is 11.7 Å². The molecule has 158 valence electrons. The van der Waals surface area contributed by atoms with Gasteiger partial charge in [-0.15, -0.1) is 24.8 Å². The largest absolute Gasteiger partial charge is 0.416 e. The Morgan fingerprint density at radius 2 is 1.59 bits per heavy atom. The van der Waals surface area contributed by atoms with E-state index in [1.807, 2.05) is 13.8 Å². The van der Waals surface area contributed by atoms with Gasteiger partial charge < -0.3 is 11.1 Å². The molecule has 0 heterocycles. The Morgan fingerprint density at radius 3 is 1.96 bits per heavy atom. The summed E-state index contributed by atoms with van der Waals surface area (Å²) in [7, 11) is 0. The van der Waals surface area contributed by atoms with Gasteiger partial charge in [0, 0.05) is 18.5 Å². The zero-order valence-electron chi connectivity index (χ0n) is 16.0. The number of hydrogen-bond donors (Lipinski definition) is 2. The average molecular weight is 432 g/mol. The van der Waals surface area contributed by atoms with Crippen molar-refractivity contribution in [2.45, 2.75) is 46.0 Å². The highest BCUT2D eigenvalue weighted by Gasteiger charge is 2.30. The first-order valence-corrected chi connectivity index (χ1v) is 8.56. The van der Waals surface area contributed by atoms with Gasteiger partial charge in [-0.3, -0.25) is 9.69 Å². The van der Waals surface area contributed by atoms with Crippen LogP contribution in [0.25, 0.3) is 0 Å². The molecule has 0 aliphatic carbocycles. The van der Waals surface area contributed by atoms with Crippen LogP contribution < -0.4 is 11.1 Å². The monoisotopic (exact) mass is 431 g/mol. The van der Waals surface area contributed by atoms with Crippen LogP contribution in [0, 0.1) is 5.92 Å². The van der Waals surface area contributed by atoms with Gasteiger partial charge in [-0.25, -0.2) is 0 Å². The van der Waals surface area contributed by atoms with Gasteiger partial charge in [-0.2, -0.15) is 13.2 Å². The van der Waals surface area contributed by atoms with E-state index in [4.69, 9.17) is 5.73 Å². The minimum Gasteiger partial charge on any atom is -0.354 e. The van der Waals surface area contributed by atoms with Crippen LogP contribution in [-0.4, -0.2) is 36.5 Å². The maximum absolute atomic E-state index is 12.8. The lowest BCUT2D eigenvalue weighted by Crippen LogP contribution is -2.43. The molecule has 0 aromatic heterocycles. The Bertz CT molecular complexity index is 550. The summed E-state index contributed by atoms with van der Waals surface area (Å²) in [4.78, 5) is 14.2. The molecule has 0 aliphatic heterocycles. The number of alkyl halides is 3. The normalized spacial score (nSPS) is 14.6. The summed E-state index contributed by atoms with van der Waals surface area (Å²) in [5.41, 5.74) is 5.81. The molecule has 0 fully saturated rings. The molecule has 0 saturated carbocycles. The summed E-state index contributed by atoms with van der Waals surface area (Å²) < 4.78 is 38.3. The molecule has 0 spiro atoms. The van der Waals surface area contributed by atoms with E-state index in [0.29, 0.717) is 6.54 Å². The highest BCUT2D eigenvalue weighted by Crippen LogP contribution is 2.30. The summed E-state index contributed by atoms with van der Waals surface area (Å²) in [5.74, 6) is -0.482. The molecular weight excluding hydrogens is 402 g/mol. The molecular formula is C18H30Cl2F3N3O. The molecule has 27 heavy (non-hydrogen) atoms. The fourth-order valence-corrected chi connectivity index (χ4v) is 2.61. The SMILES string of the molecule is CCN(CC)C(CNC(=O)C(C)C(C)N)c1ccc(C(F)(F)F)cc1.Cl.Cl. The molecule has 0 bridgehead atoms. The van der Waals surface area contributed by atoms with Crippen molar-refractivity contribution in [2.24, 2.45) is 11.7 Å². The highest BCUT2D eigenvalue weighted by molar-refractivity contribution is 5.85. The number of nitrogens with zero attached hydrogens (tertiary/aromatic N) is 1. The van der Waals surface area contributed by atoms with Crippen LogP contribution >= 0.6 is 24.8 Å². The lowest BCUT2D eigenvalue weighted by molar-refractivity contribution is -0.137. The van der Waals surface area contributed by atoms with Crippen LogP contribution in [0.3, 0.4) is 0 Å². The van der Waals surface area contributed by atoms with E-state index in [1.165, 1.54) is 12.1 Å². The molecule has 3 unspecified atom stereocenters. The summed E-state index contributed by atoms with van der Waals surface area (Å²) in [6, 6.07) is 4.66. The average Bonchev–Trinajstić information content (AvgIpc) is 2.56. The Hall–Kier alpha value is -1.02. The fourth-order valence-electron chi connectivity index (χ4n) is 2.61. The first-order chi connectivity index (χ1) is 11.6. The van der Waals surface area contributed by atoms with Crippen molar-refractivity contribution in [3.05, 3.63) is 35.4 Å². The molecule has 1 aromatic rings. The summed E-state index contributed by atoms with van der Waals surface area (Å²) >= 11 is 0. The maximum atomic E-state index is 12.8. The second-order valence-corrected chi connectivity index (χ2v) is 6.25. The van der Waals surface area contributed by atoms with Gasteiger partial charge in [0.25, 0.3) is 0 Å². The van der Waals surface area contributed by atoms with Crippen molar-refractivity contribution < 1.29 is 18.0 Å². The van der Waals surface area contributed by atoms with E-state index in [1.54, 1.807) is 13.8 Å². The Balaban J connectivity index is 0. The number of rotatable bonds is 8. The number of carbonyl (C=O) groups excluding carboxylic acids is 1. The molecule has 1 rings (SSSR count). The fraction of sp³-hybridized carbons (Fsp3) is 0.611. The van der Waals surface area contributed by atoms with E-state index in [2.05, 4.69) is 10.2 Å². The summed E-state index contributed by atoms with van der Waals surface area (Å²) in [6.07, 6.45) is -4.36. The number of nitrogens with two attached hydrogens (primary N) is 1. The molecule has 0 saturated heterocycles. The molecule has 1 aromatic carbocycles. The number of hydrogen-bond acceptors (Lipinski definition) is 3. The van der Waals surface area contributed by atoms with Crippen LogP contribution in [0.1, 0.15) is 44.9 Å². The van der Waals surface area contributed by atoms with Crippen molar-refractivity contribution in [1.29, 1.82) is 0 Å². The van der Waals surface area contributed by atoms with E-state index in [9.17, 15) is 18.0 Å². The molecule has 4 nitrogen and oxygen atoms in total. The van der Waals surface area contributed by atoms with Crippen LogP contribution in [0.15, 0.2) is 24.3 Å². The molecule has 9 heteroatoms. The summed E-state index contributed by atoms with van der Waals surface area (Å²) in [5, 5.41) is 2.87. The predicted octanol–water partition coefficient (Wildman–Crippen LogP) is 4.03. The first kappa shape index (κ1) is 28.2. The van der Waals surface area contributed by atoms with Crippen LogP contribution in [0.5, 0.6) is 0 Å². The number of halogens is 5. The lowest BCUT2D eigenvalue weighted by atomic mass is 10.0. The van der Waals surface area contributed by atoms with Gasteiger partial charge in [-0.1, -0.05) is 32.9 Å². The predicted molar refractivity (Wildman–Crippen MR) is 107 cm³/mol. The second kappa shape index (κ2) is 12.4. The topological polar surface area (TPSA) is 58.4 Å². The standard InChI is InChI=1S/C18H28F3N3O.2ClH/c1-5-24(6-2)16(11-23-17(25)12(3)13(4)22)14-7-9-15(10-8-14)18(19,20)21;;/h7-10,12-13,16H,5-6,11,22H2,1-4H3,(H,23,25);2*1H. The zero-order chi connectivity index (χ0) is 19.2. The van der Waals surface area contributed by atoms with E-state index >= 15 is 0 Å². The Labute approximate surface area is 171 Å². The maximum Gasteiger partial charge on any atom is 0.416 e. The van der Waals surface area contributed by atoms with Crippen LogP contribution in [0.4, 0.5) is 13.2 Å². The van der Waals surface area contributed by atoms with Gasteiger partial charge in [0.2, 0.25) is 5.91 Å². The number of carbonyl (C=O) groups is 1. The number of amides is 1. The third-order valence-corrected chi connectivity index (χ3v) is 4.55. The third kappa shape index (κ3) is 8.25.